The van der Waals surface area contributed by atoms with Gasteiger partial charge < -0.3 is 10.1 Å². The van der Waals surface area contributed by atoms with Crippen molar-refractivity contribution in [1.29, 1.82) is 0 Å². The van der Waals surface area contributed by atoms with Crippen molar-refractivity contribution in [3.05, 3.63) is 53.6 Å². The quantitative estimate of drug-likeness (QED) is 0.516. The van der Waals surface area contributed by atoms with Crippen LogP contribution in [0.25, 0.3) is 17.0 Å². The first kappa shape index (κ1) is 21.0. The highest BCUT2D eigenvalue weighted by molar-refractivity contribution is 6.30. The van der Waals surface area contributed by atoms with Gasteiger partial charge >= 0.3 is 6.01 Å². The van der Waals surface area contributed by atoms with Gasteiger partial charge in [0.15, 0.2) is 11.0 Å². The van der Waals surface area contributed by atoms with Crippen LogP contribution in [0.4, 0.5) is 20.3 Å². The van der Waals surface area contributed by atoms with Crippen LogP contribution in [0.1, 0.15) is 24.8 Å². The predicted octanol–water partition coefficient (Wildman–Crippen LogP) is 5.16. The molecule has 0 unspecified atom stereocenters. The minimum atomic E-state index is -0.855. The van der Waals surface area contributed by atoms with Crippen molar-refractivity contribution in [2.45, 2.75) is 31.0 Å². The zero-order valence-corrected chi connectivity index (χ0v) is 18.1. The minimum Gasteiger partial charge on any atom is -0.461 e. The normalized spacial score (nSPS) is 22.8. The fraction of sp³-hybridized carbons (Fsp3) is 0.348. The van der Waals surface area contributed by atoms with Gasteiger partial charge in [0.1, 0.15) is 24.1 Å². The number of nitrogens with one attached hydrogen (secondary N) is 1. The molecule has 2 fully saturated rings. The first-order valence-corrected chi connectivity index (χ1v) is 10.9. The standard InChI is InChI=1S/C23H22ClF2N5O/c1-2-14-5-3-6-16(9-14)28-21-17-11-27-22(29-19(17)18(26)20(24)30-21)32-13-23-7-4-8-31(23)12-15(25)10-23/h2-3,5-6,9,11,15H,1,4,7-8,10,12-13H2,(H,28,30)/t15-,23+/m1/s1. The van der Waals surface area contributed by atoms with Gasteiger partial charge in [-0.05, 0) is 37.1 Å². The van der Waals surface area contributed by atoms with Crippen LogP contribution in [0, 0.1) is 5.82 Å². The fourth-order valence-electron chi connectivity index (χ4n) is 4.70. The Morgan fingerprint density at radius 1 is 1.38 bits per heavy atom. The summed E-state index contributed by atoms with van der Waals surface area (Å²) in [6.45, 7) is 5.32. The maximum atomic E-state index is 14.8. The van der Waals surface area contributed by atoms with Crippen molar-refractivity contribution in [3.8, 4) is 6.01 Å². The van der Waals surface area contributed by atoms with E-state index in [1.165, 1.54) is 6.20 Å². The third-order valence-corrected chi connectivity index (χ3v) is 6.49. The molecule has 2 aliphatic rings. The highest BCUT2D eigenvalue weighted by atomic mass is 35.5. The molecule has 0 spiro atoms. The number of benzene rings is 1. The van der Waals surface area contributed by atoms with Crippen LogP contribution in [-0.4, -0.2) is 51.3 Å². The largest absolute Gasteiger partial charge is 0.461 e. The Bertz CT molecular complexity index is 1190. The number of alkyl halides is 1. The Kier molecular flexibility index (Phi) is 5.43. The summed E-state index contributed by atoms with van der Waals surface area (Å²) in [5.74, 6) is -0.416. The molecule has 1 N–H and O–H groups in total. The maximum Gasteiger partial charge on any atom is 0.317 e. The highest BCUT2D eigenvalue weighted by Gasteiger charge is 2.49. The molecule has 0 saturated carbocycles. The number of hydrogen-bond donors (Lipinski definition) is 1. The third-order valence-electron chi connectivity index (χ3n) is 6.24. The Balaban J connectivity index is 1.43. The van der Waals surface area contributed by atoms with E-state index in [0.29, 0.717) is 24.2 Å². The van der Waals surface area contributed by atoms with Gasteiger partial charge in [0, 0.05) is 24.8 Å². The Morgan fingerprint density at radius 2 is 2.25 bits per heavy atom. The molecular formula is C23H22ClF2N5O. The second-order valence-corrected chi connectivity index (χ2v) is 8.66. The van der Waals surface area contributed by atoms with Crippen LogP contribution in [-0.2, 0) is 0 Å². The molecule has 5 rings (SSSR count). The van der Waals surface area contributed by atoms with E-state index in [1.807, 2.05) is 24.3 Å². The van der Waals surface area contributed by atoms with Gasteiger partial charge in [0.05, 0.1) is 10.9 Å². The number of nitrogens with zero attached hydrogens (tertiary/aromatic N) is 4. The topological polar surface area (TPSA) is 63.2 Å². The summed E-state index contributed by atoms with van der Waals surface area (Å²) in [7, 11) is 0. The Labute approximate surface area is 189 Å². The summed E-state index contributed by atoms with van der Waals surface area (Å²) >= 11 is 6.05. The number of aromatic nitrogens is 3. The molecule has 4 heterocycles. The number of halogens is 3. The maximum absolute atomic E-state index is 14.8. The summed E-state index contributed by atoms with van der Waals surface area (Å²) in [5.41, 5.74) is 1.33. The zero-order valence-electron chi connectivity index (χ0n) is 17.3. The summed E-state index contributed by atoms with van der Waals surface area (Å²) in [6.07, 6.45) is 4.63. The van der Waals surface area contributed by atoms with E-state index >= 15 is 0 Å². The number of pyridine rings is 1. The molecule has 0 aliphatic carbocycles. The van der Waals surface area contributed by atoms with Crippen LogP contribution in [0.3, 0.4) is 0 Å². The van der Waals surface area contributed by atoms with Gasteiger partial charge in [-0.3, -0.25) is 4.90 Å². The smallest absolute Gasteiger partial charge is 0.317 e. The van der Waals surface area contributed by atoms with Crippen LogP contribution >= 0.6 is 11.6 Å². The van der Waals surface area contributed by atoms with E-state index in [4.69, 9.17) is 16.3 Å². The lowest BCUT2D eigenvalue weighted by atomic mass is 9.95. The number of anilines is 2. The van der Waals surface area contributed by atoms with Crippen molar-refractivity contribution >= 4 is 40.1 Å². The van der Waals surface area contributed by atoms with Gasteiger partial charge in [-0.2, -0.15) is 4.98 Å². The zero-order chi connectivity index (χ0) is 22.3. The average molecular weight is 458 g/mol. The van der Waals surface area contributed by atoms with Gasteiger partial charge in [-0.1, -0.05) is 36.4 Å². The van der Waals surface area contributed by atoms with Crippen molar-refractivity contribution in [1.82, 2.24) is 19.9 Å². The minimum absolute atomic E-state index is 0.00735. The molecule has 32 heavy (non-hydrogen) atoms. The number of ether oxygens (including phenoxy) is 1. The van der Waals surface area contributed by atoms with E-state index < -0.39 is 12.0 Å². The van der Waals surface area contributed by atoms with Crippen molar-refractivity contribution in [3.63, 3.8) is 0 Å². The molecule has 0 radical (unpaired) electrons. The van der Waals surface area contributed by atoms with Crippen molar-refractivity contribution < 1.29 is 13.5 Å². The fourth-order valence-corrected chi connectivity index (χ4v) is 4.88. The molecule has 166 valence electrons. The van der Waals surface area contributed by atoms with E-state index in [9.17, 15) is 8.78 Å². The molecule has 2 aromatic heterocycles. The summed E-state index contributed by atoms with van der Waals surface area (Å²) in [5, 5.41) is 3.21. The van der Waals surface area contributed by atoms with Crippen LogP contribution in [0.15, 0.2) is 37.0 Å². The molecule has 2 atom stereocenters. The molecule has 9 heteroatoms. The first-order valence-electron chi connectivity index (χ1n) is 10.5. The molecule has 3 aromatic rings. The second kappa shape index (κ2) is 8.26. The van der Waals surface area contributed by atoms with Crippen LogP contribution < -0.4 is 10.1 Å². The Hall–Kier alpha value is -2.84. The molecule has 0 bridgehead atoms. The third kappa shape index (κ3) is 3.78. The molecule has 6 nitrogen and oxygen atoms in total. The number of rotatable bonds is 6. The SMILES string of the molecule is C=Cc1cccc(Nc2nc(Cl)c(F)c3nc(OC[C@@]45CCCN4C[C@H](F)C5)ncc23)c1. The second-order valence-electron chi connectivity index (χ2n) is 8.30. The molecule has 1 aromatic carbocycles. The van der Waals surface area contributed by atoms with E-state index in [2.05, 4.69) is 31.7 Å². The van der Waals surface area contributed by atoms with Gasteiger partial charge in [0.25, 0.3) is 0 Å². The van der Waals surface area contributed by atoms with Gasteiger partial charge in [-0.15, -0.1) is 0 Å². The van der Waals surface area contributed by atoms with Crippen molar-refractivity contribution in [2.24, 2.45) is 0 Å². The lowest BCUT2D eigenvalue weighted by Gasteiger charge is -2.30. The molecule has 2 saturated heterocycles. The monoisotopic (exact) mass is 457 g/mol. The van der Waals surface area contributed by atoms with E-state index in [-0.39, 0.29) is 28.8 Å². The van der Waals surface area contributed by atoms with Crippen LogP contribution in [0.5, 0.6) is 6.01 Å². The molecule has 0 amide bonds. The molecule has 2 aliphatic heterocycles. The predicted molar refractivity (Wildman–Crippen MR) is 121 cm³/mol. The lowest BCUT2D eigenvalue weighted by molar-refractivity contribution is 0.107. The number of hydrogen-bond acceptors (Lipinski definition) is 6. The Morgan fingerprint density at radius 3 is 3.09 bits per heavy atom. The lowest BCUT2D eigenvalue weighted by Crippen LogP contribution is -2.43. The van der Waals surface area contributed by atoms with E-state index in [1.54, 1.807) is 6.08 Å². The summed E-state index contributed by atoms with van der Waals surface area (Å²) in [4.78, 5) is 14.8. The summed E-state index contributed by atoms with van der Waals surface area (Å²) < 4.78 is 34.6. The average Bonchev–Trinajstić information content (AvgIpc) is 3.31. The van der Waals surface area contributed by atoms with Crippen LogP contribution in [0.2, 0.25) is 5.15 Å². The van der Waals surface area contributed by atoms with E-state index in [0.717, 1.165) is 30.6 Å². The van der Waals surface area contributed by atoms with Crippen molar-refractivity contribution in [2.75, 3.05) is 25.0 Å². The highest BCUT2D eigenvalue weighted by Crippen LogP contribution is 2.40. The first-order chi connectivity index (χ1) is 15.5. The summed E-state index contributed by atoms with van der Waals surface area (Å²) in [6, 6.07) is 7.53. The molecular weight excluding hydrogens is 436 g/mol. The number of fused-ring (bicyclic) bond motifs is 2. The van der Waals surface area contributed by atoms with Gasteiger partial charge in [-0.25, -0.2) is 18.7 Å². The van der Waals surface area contributed by atoms with Gasteiger partial charge in [0.2, 0.25) is 0 Å².